The summed E-state index contributed by atoms with van der Waals surface area (Å²) in [5, 5.41) is 0. The van der Waals surface area contributed by atoms with E-state index in [2.05, 4.69) is 9.97 Å². The molecule has 0 saturated carbocycles. The minimum absolute atomic E-state index is 0.277. The van der Waals surface area contributed by atoms with Gasteiger partial charge in [0.05, 0.1) is 0 Å². The van der Waals surface area contributed by atoms with E-state index in [1.54, 1.807) is 23.3 Å². The highest BCUT2D eigenvalue weighted by atomic mass is 16.4. The number of aromatic nitrogens is 3. The molecular formula is C7H5N3O2. The van der Waals surface area contributed by atoms with E-state index in [1.807, 2.05) is 0 Å². The first-order chi connectivity index (χ1) is 5.90. The summed E-state index contributed by atoms with van der Waals surface area (Å²) in [6, 6.07) is 0.342. The average Bonchev–Trinajstić information content (AvgIpc) is 2.75. The quantitative estimate of drug-likeness (QED) is 0.610. The Morgan fingerprint density at radius 3 is 3.08 bits per heavy atom. The van der Waals surface area contributed by atoms with E-state index in [0.29, 0.717) is 12.3 Å². The number of rotatable bonds is 2. The molecule has 0 aliphatic heterocycles. The number of aldehydes is 1. The van der Waals surface area contributed by atoms with Gasteiger partial charge in [0.1, 0.15) is 18.3 Å². The summed E-state index contributed by atoms with van der Waals surface area (Å²) < 4.78 is 6.56. The van der Waals surface area contributed by atoms with Crippen molar-refractivity contribution in [2.45, 2.75) is 0 Å². The summed E-state index contributed by atoms with van der Waals surface area (Å²) in [4.78, 5) is 17.9. The van der Waals surface area contributed by atoms with E-state index in [1.165, 1.54) is 6.26 Å². The van der Waals surface area contributed by atoms with Gasteiger partial charge in [-0.3, -0.25) is 9.36 Å². The molecule has 0 N–H and O–H groups in total. The van der Waals surface area contributed by atoms with Crippen LogP contribution in [0.5, 0.6) is 0 Å². The lowest BCUT2D eigenvalue weighted by Gasteiger charge is -1.89. The summed E-state index contributed by atoms with van der Waals surface area (Å²) in [6.45, 7) is 0. The second kappa shape index (κ2) is 2.61. The molecule has 12 heavy (non-hydrogen) atoms. The van der Waals surface area contributed by atoms with Crippen LogP contribution in [0.25, 0.3) is 6.01 Å². The molecule has 5 heteroatoms. The molecule has 0 spiro atoms. The van der Waals surface area contributed by atoms with Crippen molar-refractivity contribution in [1.29, 1.82) is 0 Å². The van der Waals surface area contributed by atoms with Gasteiger partial charge in [0.25, 0.3) is 0 Å². The summed E-state index contributed by atoms with van der Waals surface area (Å²) in [7, 11) is 0. The fourth-order valence-electron chi connectivity index (χ4n) is 0.821. The number of carbonyl (C=O) groups excluding carboxylic acids is 1. The van der Waals surface area contributed by atoms with Crippen LogP contribution in [0.3, 0.4) is 0 Å². The van der Waals surface area contributed by atoms with Gasteiger partial charge in [0.2, 0.25) is 0 Å². The third-order valence-corrected chi connectivity index (χ3v) is 1.36. The third-order valence-electron chi connectivity index (χ3n) is 1.36. The highest BCUT2D eigenvalue weighted by Crippen LogP contribution is 2.04. The van der Waals surface area contributed by atoms with Gasteiger partial charge in [-0.05, 0) is 0 Å². The molecule has 0 aliphatic rings. The Kier molecular flexibility index (Phi) is 1.48. The normalized spacial score (nSPS) is 10.0. The predicted octanol–water partition coefficient (Wildman–Crippen LogP) is 0.673. The van der Waals surface area contributed by atoms with Crippen molar-refractivity contribution < 1.29 is 9.21 Å². The molecule has 2 heterocycles. The smallest absolute Gasteiger partial charge is 0.307 e. The molecule has 0 bridgehead atoms. The van der Waals surface area contributed by atoms with E-state index in [0.717, 1.165) is 0 Å². The zero-order valence-corrected chi connectivity index (χ0v) is 6.04. The van der Waals surface area contributed by atoms with Crippen LogP contribution < -0.4 is 0 Å². The molecule has 0 aromatic carbocycles. The first-order valence-electron chi connectivity index (χ1n) is 3.29. The number of imidazole rings is 1. The van der Waals surface area contributed by atoms with Gasteiger partial charge in [-0.2, -0.15) is 4.98 Å². The van der Waals surface area contributed by atoms with E-state index >= 15 is 0 Å². The van der Waals surface area contributed by atoms with Crippen LogP contribution in [0.4, 0.5) is 0 Å². The van der Waals surface area contributed by atoms with Gasteiger partial charge in [-0.25, -0.2) is 4.98 Å². The van der Waals surface area contributed by atoms with Crippen LogP contribution in [0.2, 0.25) is 0 Å². The number of hydrogen-bond donors (Lipinski definition) is 0. The van der Waals surface area contributed by atoms with Gasteiger partial charge in [0.15, 0.2) is 6.29 Å². The van der Waals surface area contributed by atoms with Crippen molar-refractivity contribution in [3.8, 4) is 6.01 Å². The molecule has 0 saturated heterocycles. The topological polar surface area (TPSA) is 60.9 Å². The van der Waals surface area contributed by atoms with E-state index < -0.39 is 0 Å². The van der Waals surface area contributed by atoms with Gasteiger partial charge >= 0.3 is 6.01 Å². The lowest BCUT2D eigenvalue weighted by Crippen LogP contribution is -1.89. The van der Waals surface area contributed by atoms with Crippen molar-refractivity contribution in [2.24, 2.45) is 0 Å². The second-order valence-electron chi connectivity index (χ2n) is 2.14. The Morgan fingerprint density at radius 2 is 2.50 bits per heavy atom. The van der Waals surface area contributed by atoms with E-state index in [9.17, 15) is 4.79 Å². The molecule has 0 fully saturated rings. The SMILES string of the molecule is O=Cc1coc(-n2ccnc2)n1. The highest BCUT2D eigenvalue weighted by molar-refractivity contribution is 5.71. The van der Waals surface area contributed by atoms with E-state index in [4.69, 9.17) is 4.42 Å². The maximum atomic E-state index is 10.2. The number of carbonyl (C=O) groups is 1. The fraction of sp³-hybridized carbons (Fsp3) is 0. The first-order valence-corrected chi connectivity index (χ1v) is 3.29. The van der Waals surface area contributed by atoms with E-state index in [-0.39, 0.29) is 5.69 Å². The molecule has 2 aromatic heterocycles. The molecular weight excluding hydrogens is 158 g/mol. The van der Waals surface area contributed by atoms with Crippen molar-refractivity contribution >= 4 is 6.29 Å². The molecule has 0 amide bonds. The van der Waals surface area contributed by atoms with Crippen molar-refractivity contribution in [2.75, 3.05) is 0 Å². The Bertz CT molecular complexity index is 377. The average molecular weight is 163 g/mol. The van der Waals surface area contributed by atoms with Crippen LogP contribution in [0.1, 0.15) is 10.5 Å². The number of hydrogen-bond acceptors (Lipinski definition) is 4. The maximum absolute atomic E-state index is 10.2. The summed E-state index contributed by atoms with van der Waals surface area (Å²) >= 11 is 0. The van der Waals surface area contributed by atoms with Crippen molar-refractivity contribution in [3.63, 3.8) is 0 Å². The Labute approximate surface area is 67.7 Å². The lowest BCUT2D eigenvalue weighted by molar-refractivity contribution is 0.111. The van der Waals surface area contributed by atoms with Crippen LogP contribution in [-0.4, -0.2) is 20.8 Å². The first kappa shape index (κ1) is 6.78. The lowest BCUT2D eigenvalue weighted by atomic mass is 10.6. The van der Waals surface area contributed by atoms with Gasteiger partial charge in [-0.1, -0.05) is 0 Å². The second-order valence-corrected chi connectivity index (χ2v) is 2.14. The molecule has 2 aromatic rings. The molecule has 0 unspecified atom stereocenters. The summed E-state index contributed by atoms with van der Waals surface area (Å²) in [5.41, 5.74) is 0.277. The zero-order chi connectivity index (χ0) is 8.39. The fourth-order valence-corrected chi connectivity index (χ4v) is 0.821. The molecule has 0 radical (unpaired) electrons. The highest BCUT2D eigenvalue weighted by Gasteiger charge is 2.03. The zero-order valence-electron chi connectivity index (χ0n) is 6.04. The molecule has 5 nitrogen and oxygen atoms in total. The molecule has 0 atom stereocenters. The van der Waals surface area contributed by atoms with Crippen molar-refractivity contribution in [3.05, 3.63) is 30.7 Å². The Hall–Kier alpha value is -1.91. The third kappa shape index (κ3) is 1.01. The minimum Gasteiger partial charge on any atom is -0.431 e. The van der Waals surface area contributed by atoms with Gasteiger partial charge < -0.3 is 4.42 Å². The standard InChI is InChI=1S/C7H5N3O2/c11-3-6-4-12-7(9-6)10-2-1-8-5-10/h1-5H. The Balaban J connectivity index is 2.41. The van der Waals surface area contributed by atoms with Gasteiger partial charge in [-0.15, -0.1) is 0 Å². The van der Waals surface area contributed by atoms with Crippen LogP contribution in [0.15, 0.2) is 29.4 Å². The number of nitrogens with zero attached hydrogens (tertiary/aromatic N) is 3. The van der Waals surface area contributed by atoms with Crippen LogP contribution >= 0.6 is 0 Å². The predicted molar refractivity (Wildman–Crippen MR) is 39.0 cm³/mol. The molecule has 60 valence electrons. The van der Waals surface area contributed by atoms with Crippen LogP contribution in [0, 0.1) is 0 Å². The minimum atomic E-state index is 0.277. The monoisotopic (exact) mass is 163 g/mol. The summed E-state index contributed by atoms with van der Waals surface area (Å²) in [5.74, 6) is 0. The molecule has 2 rings (SSSR count). The maximum Gasteiger partial charge on any atom is 0.307 e. The Morgan fingerprint density at radius 1 is 1.58 bits per heavy atom. The molecule has 0 aliphatic carbocycles. The van der Waals surface area contributed by atoms with Crippen LogP contribution in [-0.2, 0) is 0 Å². The largest absolute Gasteiger partial charge is 0.431 e. The van der Waals surface area contributed by atoms with Gasteiger partial charge in [0, 0.05) is 12.4 Å². The van der Waals surface area contributed by atoms with Crippen molar-refractivity contribution in [1.82, 2.24) is 14.5 Å². The summed E-state index contributed by atoms with van der Waals surface area (Å²) in [6.07, 6.45) is 6.75. The number of oxazole rings is 1.